The number of hydrogen-bond acceptors (Lipinski definition) is 3. The highest BCUT2D eigenvalue weighted by Crippen LogP contribution is 2.22. The molecule has 5 nitrogen and oxygen atoms in total. The maximum Gasteiger partial charge on any atom is 0.317 e. The summed E-state index contributed by atoms with van der Waals surface area (Å²) in [6.45, 7) is 8.08. The molecule has 112 valence electrons. The zero-order valence-electron chi connectivity index (χ0n) is 12.9. The fourth-order valence-corrected chi connectivity index (χ4v) is 2.71. The molecular formula is C14H29N3O2. The molecule has 5 heteroatoms. The summed E-state index contributed by atoms with van der Waals surface area (Å²) in [5.41, 5.74) is 0.00754. The second-order valence-electron chi connectivity index (χ2n) is 6.57. The molecule has 0 radical (unpaired) electrons. The molecule has 19 heavy (non-hydrogen) atoms. The molecule has 1 unspecified atom stereocenters. The lowest BCUT2D eigenvalue weighted by atomic mass is 9.85. The van der Waals surface area contributed by atoms with Crippen LogP contribution in [-0.4, -0.2) is 66.8 Å². The molecule has 1 aliphatic rings. The SMILES string of the molecule is CC(NC(=O)N1CCC[C@@H]1CO)C(C)(C)CN(C)C. The van der Waals surface area contributed by atoms with Crippen molar-refractivity contribution in [3.05, 3.63) is 0 Å². The van der Waals surface area contributed by atoms with Crippen LogP contribution in [0, 0.1) is 5.41 Å². The first-order valence-electron chi connectivity index (χ1n) is 7.10. The molecule has 0 saturated carbocycles. The Morgan fingerprint density at radius 3 is 2.68 bits per heavy atom. The van der Waals surface area contributed by atoms with Crippen molar-refractivity contribution in [3.63, 3.8) is 0 Å². The summed E-state index contributed by atoms with van der Waals surface area (Å²) in [4.78, 5) is 16.1. The third-order valence-corrected chi connectivity index (χ3v) is 4.08. The van der Waals surface area contributed by atoms with Crippen LogP contribution in [0.2, 0.25) is 0 Å². The number of likely N-dealkylation sites (tertiary alicyclic amines) is 1. The lowest BCUT2D eigenvalue weighted by molar-refractivity contribution is 0.139. The van der Waals surface area contributed by atoms with Crippen LogP contribution in [0.5, 0.6) is 0 Å². The first-order valence-corrected chi connectivity index (χ1v) is 7.10. The quantitative estimate of drug-likeness (QED) is 0.788. The Bertz CT molecular complexity index is 305. The number of aliphatic hydroxyl groups excluding tert-OH is 1. The fraction of sp³-hybridized carbons (Fsp3) is 0.929. The van der Waals surface area contributed by atoms with Gasteiger partial charge >= 0.3 is 6.03 Å². The number of amides is 2. The number of aliphatic hydroxyl groups is 1. The van der Waals surface area contributed by atoms with Crippen LogP contribution in [0.3, 0.4) is 0 Å². The predicted molar refractivity (Wildman–Crippen MR) is 77.1 cm³/mol. The molecule has 1 saturated heterocycles. The Morgan fingerprint density at radius 1 is 1.53 bits per heavy atom. The van der Waals surface area contributed by atoms with Gasteiger partial charge in [-0.2, -0.15) is 0 Å². The average molecular weight is 271 g/mol. The lowest BCUT2D eigenvalue weighted by Crippen LogP contribution is -2.52. The zero-order chi connectivity index (χ0) is 14.6. The molecule has 0 aromatic rings. The zero-order valence-corrected chi connectivity index (χ0v) is 12.9. The number of carbonyl (C=O) groups is 1. The summed E-state index contributed by atoms with van der Waals surface area (Å²) in [5.74, 6) is 0. The van der Waals surface area contributed by atoms with E-state index in [0.717, 1.165) is 25.9 Å². The van der Waals surface area contributed by atoms with Crippen LogP contribution < -0.4 is 5.32 Å². The summed E-state index contributed by atoms with van der Waals surface area (Å²) in [5, 5.41) is 12.4. The maximum absolute atomic E-state index is 12.2. The Morgan fingerprint density at radius 2 is 2.16 bits per heavy atom. The lowest BCUT2D eigenvalue weighted by Gasteiger charge is -2.36. The monoisotopic (exact) mass is 271 g/mol. The van der Waals surface area contributed by atoms with Crippen molar-refractivity contribution < 1.29 is 9.90 Å². The summed E-state index contributed by atoms with van der Waals surface area (Å²) < 4.78 is 0. The van der Waals surface area contributed by atoms with Crippen molar-refractivity contribution >= 4 is 6.03 Å². The summed E-state index contributed by atoms with van der Waals surface area (Å²) >= 11 is 0. The van der Waals surface area contributed by atoms with E-state index in [4.69, 9.17) is 0 Å². The topological polar surface area (TPSA) is 55.8 Å². The fourth-order valence-electron chi connectivity index (χ4n) is 2.71. The number of urea groups is 1. The van der Waals surface area contributed by atoms with E-state index in [1.54, 1.807) is 4.90 Å². The van der Waals surface area contributed by atoms with Gasteiger partial charge in [-0.1, -0.05) is 13.8 Å². The number of nitrogens with one attached hydrogen (secondary N) is 1. The Labute approximate surface area is 117 Å². The highest BCUT2D eigenvalue weighted by atomic mass is 16.3. The highest BCUT2D eigenvalue weighted by Gasteiger charge is 2.32. The Hall–Kier alpha value is -0.810. The Balaban J connectivity index is 2.56. The van der Waals surface area contributed by atoms with Gasteiger partial charge in [0.2, 0.25) is 0 Å². The average Bonchev–Trinajstić information content (AvgIpc) is 2.74. The second kappa shape index (κ2) is 6.57. The van der Waals surface area contributed by atoms with E-state index in [-0.39, 0.29) is 30.1 Å². The molecule has 0 spiro atoms. The smallest absolute Gasteiger partial charge is 0.317 e. The van der Waals surface area contributed by atoms with Gasteiger partial charge in [0.25, 0.3) is 0 Å². The van der Waals surface area contributed by atoms with Gasteiger partial charge in [-0.05, 0) is 39.3 Å². The van der Waals surface area contributed by atoms with Gasteiger partial charge in [0.15, 0.2) is 0 Å². The molecule has 1 fully saturated rings. The van der Waals surface area contributed by atoms with E-state index in [9.17, 15) is 9.90 Å². The minimum Gasteiger partial charge on any atom is -0.394 e. The molecule has 0 aromatic carbocycles. The molecule has 2 amide bonds. The minimum absolute atomic E-state index is 0.00754. The van der Waals surface area contributed by atoms with Crippen molar-refractivity contribution in [1.29, 1.82) is 0 Å². The predicted octanol–water partition coefficient (Wildman–Crippen LogP) is 1.13. The highest BCUT2D eigenvalue weighted by molar-refractivity contribution is 5.75. The van der Waals surface area contributed by atoms with Crippen molar-refractivity contribution in [2.75, 3.05) is 33.8 Å². The third kappa shape index (κ3) is 4.35. The number of nitrogens with zero attached hydrogens (tertiary/aromatic N) is 2. The van der Waals surface area contributed by atoms with Gasteiger partial charge < -0.3 is 20.2 Å². The summed E-state index contributed by atoms with van der Waals surface area (Å²) in [6.07, 6.45) is 1.88. The number of hydrogen-bond donors (Lipinski definition) is 2. The summed E-state index contributed by atoms with van der Waals surface area (Å²) in [6, 6.07) is 0.0300. The molecule has 1 aliphatic heterocycles. The van der Waals surface area contributed by atoms with Gasteiger partial charge in [-0.25, -0.2) is 4.79 Å². The minimum atomic E-state index is -0.0455. The molecule has 0 aliphatic carbocycles. The third-order valence-electron chi connectivity index (χ3n) is 4.08. The van der Waals surface area contributed by atoms with E-state index in [0.29, 0.717) is 0 Å². The number of rotatable bonds is 5. The van der Waals surface area contributed by atoms with Gasteiger partial charge in [0.1, 0.15) is 0 Å². The standard InChI is InChI=1S/C14H29N3O2/c1-11(14(2,3)10-16(4)5)15-13(19)17-8-6-7-12(17)9-18/h11-12,18H,6-10H2,1-5H3,(H,15,19)/t11?,12-/m1/s1. The van der Waals surface area contributed by atoms with Crippen LogP contribution in [0.15, 0.2) is 0 Å². The number of carbonyl (C=O) groups excluding carboxylic acids is 1. The first kappa shape index (κ1) is 16.2. The molecule has 2 atom stereocenters. The van der Waals surface area contributed by atoms with Crippen molar-refractivity contribution in [2.45, 2.75) is 45.7 Å². The van der Waals surface area contributed by atoms with E-state index in [1.165, 1.54) is 0 Å². The van der Waals surface area contributed by atoms with Crippen LogP contribution in [0.4, 0.5) is 4.79 Å². The van der Waals surface area contributed by atoms with Crippen LogP contribution in [-0.2, 0) is 0 Å². The molecule has 1 heterocycles. The molecular weight excluding hydrogens is 242 g/mol. The van der Waals surface area contributed by atoms with E-state index >= 15 is 0 Å². The molecule has 0 bridgehead atoms. The van der Waals surface area contributed by atoms with Gasteiger partial charge in [0.05, 0.1) is 12.6 Å². The Kier molecular flexibility index (Phi) is 5.62. The second-order valence-corrected chi connectivity index (χ2v) is 6.57. The summed E-state index contributed by atoms with van der Waals surface area (Å²) in [7, 11) is 4.08. The van der Waals surface area contributed by atoms with Crippen LogP contribution in [0.25, 0.3) is 0 Å². The van der Waals surface area contributed by atoms with Crippen LogP contribution in [0.1, 0.15) is 33.6 Å². The largest absolute Gasteiger partial charge is 0.394 e. The van der Waals surface area contributed by atoms with E-state index in [1.807, 2.05) is 21.0 Å². The first-order chi connectivity index (χ1) is 8.77. The molecule has 2 N–H and O–H groups in total. The van der Waals surface area contributed by atoms with Crippen molar-refractivity contribution in [3.8, 4) is 0 Å². The van der Waals surface area contributed by atoms with E-state index < -0.39 is 0 Å². The van der Waals surface area contributed by atoms with Gasteiger partial charge in [-0.3, -0.25) is 0 Å². The van der Waals surface area contributed by atoms with E-state index in [2.05, 4.69) is 24.1 Å². The molecule has 1 rings (SSSR count). The van der Waals surface area contributed by atoms with Gasteiger partial charge in [0, 0.05) is 19.1 Å². The van der Waals surface area contributed by atoms with Gasteiger partial charge in [-0.15, -0.1) is 0 Å². The maximum atomic E-state index is 12.2. The van der Waals surface area contributed by atoms with Crippen molar-refractivity contribution in [2.24, 2.45) is 5.41 Å². The van der Waals surface area contributed by atoms with Crippen LogP contribution >= 0.6 is 0 Å². The molecule has 0 aromatic heterocycles. The van der Waals surface area contributed by atoms with Crippen molar-refractivity contribution in [1.82, 2.24) is 15.1 Å². The normalized spacial score (nSPS) is 21.8.